The van der Waals surface area contributed by atoms with E-state index in [0.29, 0.717) is 0 Å². The highest BCUT2D eigenvalue weighted by atomic mass is 19.1. The van der Waals surface area contributed by atoms with Gasteiger partial charge in [0.2, 0.25) is 0 Å². The zero-order valence-electron chi connectivity index (χ0n) is 13.9. The molecule has 5 heteroatoms. The smallest absolute Gasteiger partial charge is 0.123 e. The Labute approximate surface area is 137 Å². The molecule has 2 aliphatic rings. The summed E-state index contributed by atoms with van der Waals surface area (Å²) in [5.41, 5.74) is 5.59. The van der Waals surface area contributed by atoms with Gasteiger partial charge in [0.25, 0.3) is 0 Å². The molecule has 3 rings (SSSR count). The van der Waals surface area contributed by atoms with Crippen molar-refractivity contribution in [1.29, 1.82) is 0 Å². The Morgan fingerprint density at radius 3 is 2.57 bits per heavy atom. The number of hydrazine groups is 1. The van der Waals surface area contributed by atoms with Crippen LogP contribution in [0.4, 0.5) is 4.39 Å². The normalized spacial score (nSPS) is 20.0. The number of likely N-dealkylation sites (tertiary alicyclic amines) is 1. The maximum atomic E-state index is 13.1. The molecule has 0 aliphatic carbocycles. The fourth-order valence-electron chi connectivity index (χ4n) is 3.22. The fraction of sp³-hybridized carbons (Fsp3) is 0.500. The molecule has 1 N–H and O–H groups in total. The highest BCUT2D eigenvalue weighted by Gasteiger charge is 2.22. The summed E-state index contributed by atoms with van der Waals surface area (Å²) in [6, 6.07) is 6.74. The highest BCUT2D eigenvalue weighted by Crippen LogP contribution is 2.27. The van der Waals surface area contributed by atoms with Crippen molar-refractivity contribution in [2.24, 2.45) is 4.99 Å². The molecule has 2 heterocycles. The summed E-state index contributed by atoms with van der Waals surface area (Å²) in [7, 11) is 0. The van der Waals surface area contributed by atoms with Gasteiger partial charge in [0, 0.05) is 12.5 Å². The zero-order chi connectivity index (χ0) is 16.2. The van der Waals surface area contributed by atoms with E-state index in [1.54, 1.807) is 0 Å². The van der Waals surface area contributed by atoms with E-state index in [1.807, 2.05) is 25.3 Å². The molecular weight excluding hydrogens is 291 g/mol. The maximum absolute atomic E-state index is 13.1. The van der Waals surface area contributed by atoms with E-state index in [2.05, 4.69) is 27.3 Å². The van der Waals surface area contributed by atoms with Crippen LogP contribution in [0.5, 0.6) is 0 Å². The lowest BCUT2D eigenvalue weighted by molar-refractivity contribution is 0.227. The van der Waals surface area contributed by atoms with Crippen molar-refractivity contribution in [1.82, 2.24) is 15.3 Å². The van der Waals surface area contributed by atoms with Crippen LogP contribution in [0.1, 0.15) is 38.2 Å². The van der Waals surface area contributed by atoms with Gasteiger partial charge >= 0.3 is 0 Å². The van der Waals surface area contributed by atoms with Gasteiger partial charge in [-0.2, -0.15) is 0 Å². The molecule has 1 aromatic carbocycles. The van der Waals surface area contributed by atoms with Crippen molar-refractivity contribution >= 4 is 5.84 Å². The lowest BCUT2D eigenvalue weighted by Gasteiger charge is -2.35. The predicted molar refractivity (Wildman–Crippen MR) is 91.5 cm³/mol. The van der Waals surface area contributed by atoms with Crippen molar-refractivity contribution in [2.45, 2.75) is 32.6 Å². The van der Waals surface area contributed by atoms with Gasteiger partial charge in [-0.25, -0.2) is 9.38 Å². The average Bonchev–Trinajstić information content (AvgIpc) is 3.06. The van der Waals surface area contributed by atoms with Crippen molar-refractivity contribution in [3.63, 3.8) is 0 Å². The Kier molecular flexibility index (Phi) is 4.96. The molecule has 1 aromatic rings. The second-order valence-electron chi connectivity index (χ2n) is 6.35. The maximum Gasteiger partial charge on any atom is 0.123 e. The number of hydrogen-bond acceptors (Lipinski definition) is 4. The zero-order valence-corrected chi connectivity index (χ0v) is 13.9. The molecule has 2 aliphatic heterocycles. The minimum Gasteiger partial charge on any atom is -0.301 e. The summed E-state index contributed by atoms with van der Waals surface area (Å²) in [6.07, 6.45) is 4.55. The molecule has 0 saturated carbocycles. The van der Waals surface area contributed by atoms with Crippen LogP contribution in [-0.4, -0.2) is 41.9 Å². The van der Waals surface area contributed by atoms with Gasteiger partial charge in [-0.05, 0) is 50.6 Å². The minimum atomic E-state index is -0.198. The molecule has 1 unspecified atom stereocenters. The number of rotatable bonds is 5. The Balaban J connectivity index is 1.71. The summed E-state index contributed by atoms with van der Waals surface area (Å²) in [5, 5.41) is 2.19. The third kappa shape index (κ3) is 3.91. The molecule has 1 saturated heterocycles. The molecule has 0 bridgehead atoms. The van der Waals surface area contributed by atoms with Gasteiger partial charge in [0.1, 0.15) is 11.7 Å². The number of aliphatic imine (C=N–C) groups is 1. The van der Waals surface area contributed by atoms with E-state index in [1.165, 1.54) is 38.1 Å². The number of halogens is 1. The Morgan fingerprint density at radius 1 is 1.17 bits per heavy atom. The van der Waals surface area contributed by atoms with Crippen LogP contribution in [0.15, 0.2) is 41.2 Å². The summed E-state index contributed by atoms with van der Waals surface area (Å²) in [5.74, 6) is 0.872. The molecule has 0 radical (unpaired) electrons. The van der Waals surface area contributed by atoms with Crippen LogP contribution in [0, 0.1) is 5.82 Å². The van der Waals surface area contributed by atoms with Gasteiger partial charge in [-0.15, -0.1) is 0 Å². The van der Waals surface area contributed by atoms with Crippen LogP contribution in [0.25, 0.3) is 0 Å². The van der Waals surface area contributed by atoms with Crippen molar-refractivity contribution < 1.29 is 4.39 Å². The Bertz CT molecular complexity index is 588. The van der Waals surface area contributed by atoms with E-state index in [4.69, 9.17) is 0 Å². The molecule has 23 heavy (non-hydrogen) atoms. The molecular formula is C18H25FN4. The van der Waals surface area contributed by atoms with Gasteiger partial charge in [0.15, 0.2) is 0 Å². The second kappa shape index (κ2) is 7.13. The molecule has 4 nitrogen and oxygen atoms in total. The first kappa shape index (κ1) is 16.0. The number of hydrogen-bond donors (Lipinski definition) is 1. The van der Waals surface area contributed by atoms with Gasteiger partial charge in [-0.1, -0.05) is 19.1 Å². The summed E-state index contributed by atoms with van der Waals surface area (Å²) >= 11 is 0. The first-order valence-corrected chi connectivity index (χ1v) is 8.40. The SMILES string of the molecule is CC1=NC=C(C(C)c2ccc(F)cc2)N(CCN2CCCC2)N1. The monoisotopic (exact) mass is 316 g/mol. The van der Waals surface area contributed by atoms with E-state index in [0.717, 1.165) is 30.2 Å². The average molecular weight is 316 g/mol. The highest BCUT2D eigenvalue weighted by molar-refractivity contribution is 5.80. The van der Waals surface area contributed by atoms with Crippen molar-refractivity contribution in [3.8, 4) is 0 Å². The molecule has 124 valence electrons. The van der Waals surface area contributed by atoms with Crippen LogP contribution in [0.2, 0.25) is 0 Å². The van der Waals surface area contributed by atoms with Crippen LogP contribution in [-0.2, 0) is 0 Å². The van der Waals surface area contributed by atoms with Crippen LogP contribution < -0.4 is 5.43 Å². The van der Waals surface area contributed by atoms with E-state index in [9.17, 15) is 4.39 Å². The first-order chi connectivity index (χ1) is 11.1. The number of nitrogens with zero attached hydrogens (tertiary/aromatic N) is 3. The van der Waals surface area contributed by atoms with Crippen LogP contribution in [0.3, 0.4) is 0 Å². The molecule has 0 aromatic heterocycles. The first-order valence-electron chi connectivity index (χ1n) is 8.40. The van der Waals surface area contributed by atoms with Gasteiger partial charge < -0.3 is 4.90 Å². The molecule has 1 atom stereocenters. The Hall–Kier alpha value is -1.88. The molecule has 0 spiro atoms. The largest absolute Gasteiger partial charge is 0.301 e. The quantitative estimate of drug-likeness (QED) is 0.905. The van der Waals surface area contributed by atoms with Crippen LogP contribution >= 0.6 is 0 Å². The lowest BCUT2D eigenvalue weighted by Crippen LogP contribution is -2.46. The molecule has 1 fully saturated rings. The third-order valence-electron chi connectivity index (χ3n) is 4.65. The van der Waals surface area contributed by atoms with E-state index in [-0.39, 0.29) is 11.7 Å². The second-order valence-corrected chi connectivity index (χ2v) is 6.35. The van der Waals surface area contributed by atoms with Crippen molar-refractivity contribution in [3.05, 3.63) is 47.5 Å². The summed E-state index contributed by atoms with van der Waals surface area (Å²) in [6.45, 7) is 8.48. The Morgan fingerprint density at radius 2 is 1.87 bits per heavy atom. The summed E-state index contributed by atoms with van der Waals surface area (Å²) in [4.78, 5) is 6.92. The number of allylic oxidation sites excluding steroid dienone is 1. The van der Waals surface area contributed by atoms with E-state index >= 15 is 0 Å². The fourth-order valence-corrected chi connectivity index (χ4v) is 3.22. The van der Waals surface area contributed by atoms with Gasteiger partial charge in [0.05, 0.1) is 18.4 Å². The van der Waals surface area contributed by atoms with E-state index < -0.39 is 0 Å². The minimum absolute atomic E-state index is 0.165. The number of nitrogens with one attached hydrogen (secondary N) is 1. The number of amidine groups is 1. The summed E-state index contributed by atoms with van der Waals surface area (Å²) < 4.78 is 13.1. The van der Waals surface area contributed by atoms with Crippen molar-refractivity contribution in [2.75, 3.05) is 26.2 Å². The van der Waals surface area contributed by atoms with Gasteiger partial charge in [-0.3, -0.25) is 10.4 Å². The predicted octanol–water partition coefficient (Wildman–Crippen LogP) is 3.11. The standard InChI is InChI=1S/C18H25FN4/c1-14(16-5-7-17(19)8-6-16)18-13-20-15(2)21-23(18)12-11-22-9-3-4-10-22/h5-8,13-14H,3-4,9-12H2,1-2H3,(H,20,21). The topological polar surface area (TPSA) is 30.9 Å². The molecule has 0 amide bonds. The lowest BCUT2D eigenvalue weighted by atomic mass is 9.97. The third-order valence-corrected chi connectivity index (χ3v) is 4.65. The number of benzene rings is 1.